The zero-order valence-electron chi connectivity index (χ0n) is 12.4. The summed E-state index contributed by atoms with van der Waals surface area (Å²) in [4.78, 5) is 33.5. The molecule has 0 spiro atoms. The van der Waals surface area contributed by atoms with E-state index >= 15 is 0 Å². The van der Waals surface area contributed by atoms with Crippen molar-refractivity contribution in [1.82, 2.24) is 5.32 Å². The molecule has 0 aliphatic carbocycles. The van der Waals surface area contributed by atoms with E-state index in [1.807, 2.05) is 0 Å². The van der Waals surface area contributed by atoms with Crippen molar-refractivity contribution in [2.24, 2.45) is 0 Å². The van der Waals surface area contributed by atoms with Gasteiger partial charge in [-0.05, 0) is 23.8 Å². The molecule has 1 atom stereocenters. The third kappa shape index (κ3) is 3.97. The van der Waals surface area contributed by atoms with Crippen LogP contribution in [0, 0.1) is 0 Å². The zero-order valence-corrected chi connectivity index (χ0v) is 12.4. The van der Waals surface area contributed by atoms with Gasteiger partial charge in [-0.2, -0.15) is 0 Å². The number of hydrogen-bond donors (Lipinski definition) is 1. The maximum Gasteiger partial charge on any atom is 0.337 e. The SMILES string of the molecule is COC(=O)c1ccc2c(c1)C[C@H](CNC(=O)COC(C)=O)O2. The molecular formula is C15H17NO6. The van der Waals surface area contributed by atoms with Crippen LogP contribution in [0.2, 0.25) is 0 Å². The Bertz CT molecular complexity index is 598. The van der Waals surface area contributed by atoms with Gasteiger partial charge in [-0.1, -0.05) is 0 Å². The summed E-state index contributed by atoms with van der Waals surface area (Å²) in [6.45, 7) is 1.23. The minimum Gasteiger partial charge on any atom is -0.488 e. The van der Waals surface area contributed by atoms with Crippen molar-refractivity contribution in [3.05, 3.63) is 29.3 Å². The molecule has 1 amide bonds. The summed E-state index contributed by atoms with van der Waals surface area (Å²) >= 11 is 0. The highest BCUT2D eigenvalue weighted by atomic mass is 16.5. The summed E-state index contributed by atoms with van der Waals surface area (Å²) in [6.07, 6.45) is 0.359. The van der Waals surface area contributed by atoms with Crippen LogP contribution in [0.15, 0.2) is 18.2 Å². The van der Waals surface area contributed by atoms with E-state index in [-0.39, 0.29) is 18.6 Å². The first-order chi connectivity index (χ1) is 10.5. The molecule has 1 heterocycles. The predicted molar refractivity (Wildman–Crippen MR) is 75.5 cm³/mol. The fourth-order valence-corrected chi connectivity index (χ4v) is 2.12. The number of benzene rings is 1. The molecule has 1 aromatic rings. The van der Waals surface area contributed by atoms with Crippen molar-refractivity contribution in [2.75, 3.05) is 20.3 Å². The van der Waals surface area contributed by atoms with E-state index in [2.05, 4.69) is 14.8 Å². The van der Waals surface area contributed by atoms with Crippen LogP contribution in [0.3, 0.4) is 0 Å². The molecular weight excluding hydrogens is 290 g/mol. The quantitative estimate of drug-likeness (QED) is 0.795. The van der Waals surface area contributed by atoms with Crippen LogP contribution < -0.4 is 10.1 Å². The minimum atomic E-state index is -0.505. The molecule has 22 heavy (non-hydrogen) atoms. The molecule has 1 aliphatic heterocycles. The maximum absolute atomic E-state index is 11.5. The molecule has 0 unspecified atom stereocenters. The number of ether oxygens (including phenoxy) is 3. The molecule has 7 heteroatoms. The van der Waals surface area contributed by atoms with Crippen LogP contribution in [0.25, 0.3) is 0 Å². The van der Waals surface area contributed by atoms with Crippen molar-refractivity contribution in [2.45, 2.75) is 19.4 Å². The number of carbonyl (C=O) groups excluding carboxylic acids is 3. The van der Waals surface area contributed by atoms with Gasteiger partial charge in [0.2, 0.25) is 0 Å². The van der Waals surface area contributed by atoms with Gasteiger partial charge in [-0.15, -0.1) is 0 Å². The number of esters is 2. The fraction of sp³-hybridized carbons (Fsp3) is 0.400. The van der Waals surface area contributed by atoms with Gasteiger partial charge in [-0.25, -0.2) is 4.79 Å². The first-order valence-corrected chi connectivity index (χ1v) is 6.77. The summed E-state index contributed by atoms with van der Waals surface area (Å²) in [7, 11) is 1.33. The summed E-state index contributed by atoms with van der Waals surface area (Å²) in [5.74, 6) is -0.604. The summed E-state index contributed by atoms with van der Waals surface area (Å²) in [5.41, 5.74) is 1.35. The number of fused-ring (bicyclic) bond motifs is 1. The standard InChI is InChI=1S/C15H17NO6/c1-9(17)21-8-14(18)16-7-12-6-11-5-10(15(19)20-2)3-4-13(11)22-12/h3-5,12H,6-8H2,1-2H3,(H,16,18)/t12-/m1/s1. The van der Waals surface area contributed by atoms with Crippen molar-refractivity contribution in [3.63, 3.8) is 0 Å². The topological polar surface area (TPSA) is 90.9 Å². The second kappa shape index (κ2) is 6.93. The number of methoxy groups -OCH3 is 1. The highest BCUT2D eigenvalue weighted by Crippen LogP contribution is 2.29. The molecule has 1 aliphatic rings. The van der Waals surface area contributed by atoms with Crippen molar-refractivity contribution in [3.8, 4) is 5.75 Å². The van der Waals surface area contributed by atoms with E-state index in [0.717, 1.165) is 5.56 Å². The molecule has 118 valence electrons. The van der Waals surface area contributed by atoms with Crippen LogP contribution in [-0.2, 0) is 25.5 Å². The van der Waals surface area contributed by atoms with Gasteiger partial charge in [0.15, 0.2) is 6.61 Å². The number of nitrogens with one attached hydrogen (secondary N) is 1. The number of rotatable bonds is 5. The van der Waals surface area contributed by atoms with Gasteiger partial charge in [-0.3, -0.25) is 9.59 Å². The number of amides is 1. The van der Waals surface area contributed by atoms with Crippen LogP contribution in [0.5, 0.6) is 5.75 Å². The molecule has 2 rings (SSSR count). The predicted octanol–water partition coefficient (Wildman–Crippen LogP) is 0.456. The normalized spacial score (nSPS) is 15.5. The van der Waals surface area contributed by atoms with Gasteiger partial charge in [0.05, 0.1) is 19.2 Å². The van der Waals surface area contributed by atoms with Gasteiger partial charge < -0.3 is 19.5 Å². The lowest BCUT2D eigenvalue weighted by atomic mass is 10.1. The molecule has 0 saturated carbocycles. The van der Waals surface area contributed by atoms with Crippen LogP contribution in [0.1, 0.15) is 22.8 Å². The monoisotopic (exact) mass is 307 g/mol. The van der Waals surface area contributed by atoms with E-state index in [1.165, 1.54) is 14.0 Å². The molecule has 0 aromatic heterocycles. The molecule has 7 nitrogen and oxygen atoms in total. The Labute approximate surface area is 127 Å². The summed E-state index contributed by atoms with van der Waals surface area (Å²) in [5, 5.41) is 2.63. The Kier molecular flexibility index (Phi) is 4.98. The molecule has 1 aromatic carbocycles. The minimum absolute atomic E-state index is 0.218. The van der Waals surface area contributed by atoms with E-state index in [4.69, 9.17) is 4.74 Å². The first-order valence-electron chi connectivity index (χ1n) is 6.77. The first kappa shape index (κ1) is 15.8. The molecule has 0 fully saturated rings. The largest absolute Gasteiger partial charge is 0.488 e. The Morgan fingerprint density at radius 3 is 2.82 bits per heavy atom. The molecule has 0 saturated heterocycles. The van der Waals surface area contributed by atoms with Gasteiger partial charge in [0, 0.05) is 13.3 Å². The van der Waals surface area contributed by atoms with E-state index in [9.17, 15) is 14.4 Å². The Hall–Kier alpha value is -2.57. The zero-order chi connectivity index (χ0) is 16.1. The lowest BCUT2D eigenvalue weighted by Gasteiger charge is -2.11. The summed E-state index contributed by atoms with van der Waals surface area (Å²) < 4.78 is 14.9. The van der Waals surface area contributed by atoms with Crippen molar-refractivity contribution >= 4 is 17.8 Å². The van der Waals surface area contributed by atoms with E-state index < -0.39 is 11.9 Å². The van der Waals surface area contributed by atoms with Crippen molar-refractivity contribution < 1.29 is 28.6 Å². The third-order valence-electron chi connectivity index (χ3n) is 3.16. The number of hydrogen-bond acceptors (Lipinski definition) is 6. The summed E-state index contributed by atoms with van der Waals surface area (Å²) in [6, 6.07) is 5.07. The highest BCUT2D eigenvalue weighted by molar-refractivity contribution is 5.89. The third-order valence-corrected chi connectivity index (χ3v) is 3.16. The molecule has 0 bridgehead atoms. The maximum atomic E-state index is 11.5. The average Bonchev–Trinajstić information content (AvgIpc) is 2.91. The molecule has 1 N–H and O–H groups in total. The lowest BCUT2D eigenvalue weighted by Crippen LogP contribution is -2.36. The smallest absolute Gasteiger partial charge is 0.337 e. The average molecular weight is 307 g/mol. The number of carbonyl (C=O) groups is 3. The van der Waals surface area contributed by atoms with Gasteiger partial charge >= 0.3 is 11.9 Å². The van der Waals surface area contributed by atoms with Crippen LogP contribution in [-0.4, -0.2) is 44.2 Å². The van der Waals surface area contributed by atoms with Gasteiger partial charge in [0.1, 0.15) is 11.9 Å². The van der Waals surface area contributed by atoms with E-state index in [1.54, 1.807) is 18.2 Å². The molecule has 0 radical (unpaired) electrons. The lowest BCUT2D eigenvalue weighted by molar-refractivity contribution is -0.146. The fourth-order valence-electron chi connectivity index (χ4n) is 2.12. The second-order valence-corrected chi connectivity index (χ2v) is 4.84. The Morgan fingerprint density at radius 1 is 1.36 bits per heavy atom. The van der Waals surface area contributed by atoms with Crippen LogP contribution in [0.4, 0.5) is 0 Å². The van der Waals surface area contributed by atoms with Crippen LogP contribution >= 0.6 is 0 Å². The van der Waals surface area contributed by atoms with Crippen molar-refractivity contribution in [1.29, 1.82) is 0 Å². The van der Waals surface area contributed by atoms with Gasteiger partial charge in [0.25, 0.3) is 5.91 Å². The Morgan fingerprint density at radius 2 is 2.14 bits per heavy atom. The Balaban J connectivity index is 1.86. The second-order valence-electron chi connectivity index (χ2n) is 4.84. The van der Waals surface area contributed by atoms with E-state index in [0.29, 0.717) is 24.3 Å². The highest BCUT2D eigenvalue weighted by Gasteiger charge is 2.24.